The molecule has 1 unspecified atom stereocenters. The van der Waals surface area contributed by atoms with Gasteiger partial charge in [-0.1, -0.05) is 12.1 Å². The Hall–Kier alpha value is -1.07. The highest BCUT2D eigenvalue weighted by molar-refractivity contribution is 7.99. The minimum Gasteiger partial charge on any atom is -0.368 e. The summed E-state index contributed by atoms with van der Waals surface area (Å²) in [5, 5.41) is 0. The summed E-state index contributed by atoms with van der Waals surface area (Å²) in [4.78, 5) is 11.5. The standard InChI is InChI=1S/C11H15FN2OS/c1-11(14,10(13)15)6-7-16-9-5-3-2-4-8(9)12/h2-5H,6-7,14H2,1H3,(H2,13,15). The van der Waals surface area contributed by atoms with E-state index in [2.05, 4.69) is 0 Å². The number of benzene rings is 1. The fourth-order valence-electron chi connectivity index (χ4n) is 1.06. The van der Waals surface area contributed by atoms with Crippen LogP contribution in [0.2, 0.25) is 0 Å². The molecule has 1 aromatic carbocycles. The largest absolute Gasteiger partial charge is 0.368 e. The highest BCUT2D eigenvalue weighted by Crippen LogP contribution is 2.23. The molecule has 0 saturated heterocycles. The van der Waals surface area contributed by atoms with Crippen LogP contribution in [0.15, 0.2) is 29.2 Å². The number of carbonyl (C=O) groups is 1. The Morgan fingerprint density at radius 2 is 2.12 bits per heavy atom. The summed E-state index contributed by atoms with van der Waals surface area (Å²) >= 11 is 1.33. The molecule has 0 aliphatic heterocycles. The van der Waals surface area contributed by atoms with Crippen molar-refractivity contribution in [2.75, 3.05) is 5.75 Å². The minimum absolute atomic E-state index is 0.259. The van der Waals surface area contributed by atoms with Crippen molar-refractivity contribution in [3.05, 3.63) is 30.1 Å². The molecule has 1 rings (SSSR count). The Kier molecular flexibility index (Phi) is 4.32. The van der Waals surface area contributed by atoms with Crippen molar-refractivity contribution in [1.29, 1.82) is 0 Å². The van der Waals surface area contributed by atoms with E-state index in [1.807, 2.05) is 0 Å². The molecule has 0 fully saturated rings. The van der Waals surface area contributed by atoms with Gasteiger partial charge >= 0.3 is 0 Å². The van der Waals surface area contributed by atoms with Crippen molar-refractivity contribution < 1.29 is 9.18 Å². The van der Waals surface area contributed by atoms with Crippen molar-refractivity contribution in [2.45, 2.75) is 23.8 Å². The molecule has 88 valence electrons. The molecule has 1 amide bonds. The van der Waals surface area contributed by atoms with Crippen LogP contribution in [0.1, 0.15) is 13.3 Å². The van der Waals surface area contributed by atoms with Crippen LogP contribution in [-0.4, -0.2) is 17.2 Å². The van der Waals surface area contributed by atoms with Crippen LogP contribution in [0.25, 0.3) is 0 Å². The van der Waals surface area contributed by atoms with Crippen molar-refractivity contribution in [3.8, 4) is 0 Å². The smallest absolute Gasteiger partial charge is 0.237 e. The Morgan fingerprint density at radius 1 is 1.50 bits per heavy atom. The second-order valence-corrected chi connectivity index (χ2v) is 4.95. The molecule has 0 bridgehead atoms. The van der Waals surface area contributed by atoms with Crippen LogP contribution in [-0.2, 0) is 4.79 Å². The molecular weight excluding hydrogens is 227 g/mol. The van der Waals surface area contributed by atoms with Crippen molar-refractivity contribution >= 4 is 17.7 Å². The summed E-state index contributed by atoms with van der Waals surface area (Å²) < 4.78 is 13.2. The summed E-state index contributed by atoms with van der Waals surface area (Å²) in [5.74, 6) is -0.247. The third-order valence-electron chi connectivity index (χ3n) is 2.28. The predicted molar refractivity (Wildman–Crippen MR) is 63.5 cm³/mol. The second-order valence-electron chi connectivity index (χ2n) is 3.81. The molecule has 0 aromatic heterocycles. The van der Waals surface area contributed by atoms with Gasteiger partial charge in [0, 0.05) is 10.6 Å². The van der Waals surface area contributed by atoms with E-state index >= 15 is 0 Å². The number of halogens is 1. The van der Waals surface area contributed by atoms with E-state index in [-0.39, 0.29) is 5.82 Å². The minimum atomic E-state index is -1.03. The van der Waals surface area contributed by atoms with E-state index in [1.54, 1.807) is 25.1 Å². The lowest BCUT2D eigenvalue weighted by atomic mass is 10.0. The zero-order valence-electron chi connectivity index (χ0n) is 9.07. The SMILES string of the molecule is CC(N)(CCSc1ccccc1F)C(N)=O. The van der Waals surface area contributed by atoms with Crippen LogP contribution in [0.3, 0.4) is 0 Å². The van der Waals surface area contributed by atoms with Crippen molar-refractivity contribution in [3.63, 3.8) is 0 Å². The molecule has 0 aliphatic carbocycles. The maximum Gasteiger partial charge on any atom is 0.237 e. The summed E-state index contributed by atoms with van der Waals surface area (Å²) in [6, 6.07) is 6.49. The summed E-state index contributed by atoms with van der Waals surface area (Å²) in [6.45, 7) is 1.58. The molecule has 16 heavy (non-hydrogen) atoms. The van der Waals surface area contributed by atoms with E-state index in [0.29, 0.717) is 17.1 Å². The van der Waals surface area contributed by atoms with Gasteiger partial charge in [-0.3, -0.25) is 4.79 Å². The maximum absolute atomic E-state index is 13.2. The number of carbonyl (C=O) groups excluding carboxylic acids is 1. The molecular formula is C11H15FN2OS. The third-order valence-corrected chi connectivity index (χ3v) is 3.33. The number of rotatable bonds is 5. The lowest BCUT2D eigenvalue weighted by molar-refractivity contribution is -0.122. The lowest BCUT2D eigenvalue weighted by Crippen LogP contribution is -2.49. The monoisotopic (exact) mass is 242 g/mol. The van der Waals surface area contributed by atoms with Gasteiger partial charge in [-0.05, 0) is 25.5 Å². The number of amides is 1. The Morgan fingerprint density at radius 3 is 2.69 bits per heavy atom. The average Bonchev–Trinajstić information content (AvgIpc) is 2.20. The van der Waals surface area contributed by atoms with Gasteiger partial charge in [-0.25, -0.2) is 4.39 Å². The summed E-state index contributed by atoms with van der Waals surface area (Å²) in [7, 11) is 0. The van der Waals surface area contributed by atoms with Gasteiger partial charge in [0.05, 0.1) is 5.54 Å². The highest BCUT2D eigenvalue weighted by Gasteiger charge is 2.24. The molecule has 3 nitrogen and oxygen atoms in total. The van der Waals surface area contributed by atoms with E-state index in [1.165, 1.54) is 17.8 Å². The molecule has 0 heterocycles. The van der Waals surface area contributed by atoms with E-state index in [4.69, 9.17) is 11.5 Å². The Labute approximate surface area is 98.4 Å². The van der Waals surface area contributed by atoms with Gasteiger partial charge in [-0.15, -0.1) is 11.8 Å². The first-order valence-corrected chi connectivity index (χ1v) is 5.88. The second kappa shape index (κ2) is 5.32. The normalized spacial score (nSPS) is 14.4. The quantitative estimate of drug-likeness (QED) is 0.769. The summed E-state index contributed by atoms with van der Waals surface area (Å²) in [6.07, 6.45) is 0.418. The van der Waals surface area contributed by atoms with E-state index in [9.17, 15) is 9.18 Å². The molecule has 1 atom stereocenters. The Bertz CT molecular complexity index is 382. The van der Waals surface area contributed by atoms with Gasteiger partial charge in [-0.2, -0.15) is 0 Å². The summed E-state index contributed by atoms with van der Waals surface area (Å²) in [5.41, 5.74) is 9.78. The average molecular weight is 242 g/mol. The molecule has 0 saturated carbocycles. The zero-order chi connectivity index (χ0) is 12.2. The van der Waals surface area contributed by atoms with Crippen LogP contribution in [0.4, 0.5) is 4.39 Å². The number of thioether (sulfide) groups is 1. The molecule has 4 N–H and O–H groups in total. The Balaban J connectivity index is 2.48. The van der Waals surface area contributed by atoms with Crippen molar-refractivity contribution in [1.82, 2.24) is 0 Å². The van der Waals surface area contributed by atoms with Gasteiger partial charge in [0.25, 0.3) is 0 Å². The molecule has 0 spiro atoms. The van der Waals surface area contributed by atoms with Gasteiger partial charge in [0.1, 0.15) is 5.82 Å². The van der Waals surface area contributed by atoms with Crippen molar-refractivity contribution in [2.24, 2.45) is 11.5 Å². The van der Waals surface area contributed by atoms with E-state index < -0.39 is 11.4 Å². The van der Waals surface area contributed by atoms with Crippen LogP contribution in [0.5, 0.6) is 0 Å². The fraction of sp³-hybridized carbons (Fsp3) is 0.364. The first-order valence-electron chi connectivity index (χ1n) is 4.89. The third kappa shape index (κ3) is 3.50. The van der Waals surface area contributed by atoms with Crippen LogP contribution < -0.4 is 11.5 Å². The van der Waals surface area contributed by atoms with Crippen LogP contribution >= 0.6 is 11.8 Å². The number of nitrogens with two attached hydrogens (primary N) is 2. The maximum atomic E-state index is 13.2. The molecule has 1 aromatic rings. The van der Waals surface area contributed by atoms with Crippen LogP contribution in [0, 0.1) is 5.82 Å². The highest BCUT2D eigenvalue weighted by atomic mass is 32.2. The first-order chi connectivity index (χ1) is 7.43. The fourth-order valence-corrected chi connectivity index (χ4v) is 2.18. The van der Waals surface area contributed by atoms with Gasteiger partial charge < -0.3 is 11.5 Å². The molecule has 5 heteroatoms. The topological polar surface area (TPSA) is 69.1 Å². The lowest BCUT2D eigenvalue weighted by Gasteiger charge is -2.19. The number of primary amides is 1. The zero-order valence-corrected chi connectivity index (χ0v) is 9.89. The van der Waals surface area contributed by atoms with E-state index in [0.717, 1.165) is 0 Å². The number of hydrogen-bond acceptors (Lipinski definition) is 3. The number of hydrogen-bond donors (Lipinski definition) is 2. The van der Waals surface area contributed by atoms with Gasteiger partial charge in [0.15, 0.2) is 0 Å². The molecule has 0 radical (unpaired) electrons. The first kappa shape index (κ1) is 13.0. The van der Waals surface area contributed by atoms with Gasteiger partial charge in [0.2, 0.25) is 5.91 Å². The predicted octanol–water partition coefficient (Wildman–Crippen LogP) is 1.51. The molecule has 0 aliphatic rings.